The van der Waals surface area contributed by atoms with Gasteiger partial charge in [-0.1, -0.05) is 11.6 Å². The number of hydrogen-bond donors (Lipinski definition) is 2. The molecule has 0 saturated carbocycles. The molecule has 1 aromatic heterocycles. The van der Waals surface area contributed by atoms with Crippen molar-refractivity contribution < 1.29 is 17.9 Å². The first-order valence-electron chi connectivity index (χ1n) is 7.61. The Morgan fingerprint density at radius 2 is 1.93 bits per heavy atom. The van der Waals surface area contributed by atoms with E-state index in [9.17, 15) is 13.2 Å². The van der Waals surface area contributed by atoms with E-state index >= 15 is 0 Å². The zero-order valence-corrected chi connectivity index (χ0v) is 15.7. The number of nitrogens with one attached hydrogen (secondary N) is 1. The number of halogens is 1. The molecule has 1 amide bonds. The Morgan fingerprint density at radius 1 is 1.22 bits per heavy atom. The Balaban J connectivity index is 1.86. The number of hydrogen-bond acceptors (Lipinski definition) is 5. The van der Waals surface area contributed by atoms with E-state index in [1.807, 2.05) is 0 Å². The van der Waals surface area contributed by atoms with Crippen molar-refractivity contribution in [3.8, 4) is 11.4 Å². The third kappa shape index (κ3) is 4.04. The molecule has 0 saturated heterocycles. The number of rotatable bonds is 6. The lowest BCUT2D eigenvalue weighted by atomic mass is 10.2. The Hall–Kier alpha value is -3.04. The fourth-order valence-corrected chi connectivity index (χ4v) is 3.61. The molecule has 0 bridgehead atoms. The quantitative estimate of drug-likeness (QED) is 0.652. The van der Waals surface area contributed by atoms with E-state index in [-0.39, 0.29) is 16.2 Å². The number of nitrogens with zero attached hydrogens (tertiary/aromatic N) is 2. The van der Waals surface area contributed by atoms with Gasteiger partial charge in [-0.25, -0.2) is 13.1 Å². The molecule has 2 aromatic carbocycles. The zero-order chi connectivity index (χ0) is 19.6. The van der Waals surface area contributed by atoms with E-state index in [2.05, 4.69) is 9.82 Å². The predicted octanol–water partition coefficient (Wildman–Crippen LogP) is 2.43. The topological polar surface area (TPSA) is 116 Å². The minimum atomic E-state index is -3.92. The highest BCUT2D eigenvalue weighted by Gasteiger charge is 2.19. The first kappa shape index (κ1) is 18.7. The third-order valence-corrected chi connectivity index (χ3v) is 5.26. The smallest absolute Gasteiger partial charge is 0.261 e. The van der Waals surface area contributed by atoms with Crippen LogP contribution in [0.15, 0.2) is 59.8 Å². The van der Waals surface area contributed by atoms with Gasteiger partial charge in [0.1, 0.15) is 5.75 Å². The Labute approximate surface area is 160 Å². The van der Waals surface area contributed by atoms with Crippen LogP contribution in [0.2, 0.25) is 5.02 Å². The molecule has 8 nitrogen and oxygen atoms in total. The van der Waals surface area contributed by atoms with Crippen LogP contribution in [0.5, 0.6) is 5.75 Å². The van der Waals surface area contributed by atoms with Gasteiger partial charge in [-0.15, -0.1) is 0 Å². The van der Waals surface area contributed by atoms with Crippen molar-refractivity contribution in [3.63, 3.8) is 0 Å². The van der Waals surface area contributed by atoms with Crippen molar-refractivity contribution in [1.82, 2.24) is 9.78 Å². The Morgan fingerprint density at radius 3 is 2.48 bits per heavy atom. The molecule has 0 spiro atoms. The summed E-state index contributed by atoms with van der Waals surface area (Å²) in [5.74, 6) is -0.588. The van der Waals surface area contributed by atoms with E-state index in [1.54, 1.807) is 35.1 Å². The van der Waals surface area contributed by atoms with Crippen molar-refractivity contribution in [2.75, 3.05) is 11.8 Å². The summed E-state index contributed by atoms with van der Waals surface area (Å²) in [6.45, 7) is 0. The minimum absolute atomic E-state index is 0.0220. The number of benzene rings is 2. The number of carbonyl (C=O) groups is 1. The van der Waals surface area contributed by atoms with Gasteiger partial charge in [-0.05, 0) is 42.5 Å². The van der Waals surface area contributed by atoms with Gasteiger partial charge >= 0.3 is 0 Å². The highest BCUT2D eigenvalue weighted by molar-refractivity contribution is 7.92. The first-order chi connectivity index (χ1) is 12.8. The maximum absolute atomic E-state index is 12.6. The maximum Gasteiger partial charge on any atom is 0.261 e. The van der Waals surface area contributed by atoms with E-state index in [4.69, 9.17) is 22.1 Å². The van der Waals surface area contributed by atoms with Crippen LogP contribution in [0.25, 0.3) is 5.69 Å². The number of methoxy groups -OCH3 is 1. The molecule has 0 radical (unpaired) electrons. The highest BCUT2D eigenvalue weighted by atomic mass is 35.5. The molecule has 0 aliphatic carbocycles. The largest absolute Gasteiger partial charge is 0.496 e. The molecule has 0 fully saturated rings. The molecule has 0 unspecified atom stereocenters. The van der Waals surface area contributed by atoms with Crippen LogP contribution in [0.1, 0.15) is 10.4 Å². The average molecular weight is 407 g/mol. The summed E-state index contributed by atoms with van der Waals surface area (Å²) >= 11 is 5.84. The Bertz CT molecular complexity index is 1090. The molecule has 140 valence electrons. The molecule has 10 heteroatoms. The van der Waals surface area contributed by atoms with Crippen molar-refractivity contribution in [1.29, 1.82) is 0 Å². The fraction of sp³-hybridized carbons (Fsp3) is 0.0588. The maximum atomic E-state index is 12.6. The second kappa shape index (κ2) is 7.29. The van der Waals surface area contributed by atoms with Crippen LogP contribution < -0.4 is 15.2 Å². The van der Waals surface area contributed by atoms with E-state index in [0.29, 0.717) is 16.4 Å². The summed E-state index contributed by atoms with van der Waals surface area (Å²) < 4.78 is 34.2. The number of aromatic nitrogens is 2. The molecular weight excluding hydrogens is 392 g/mol. The molecule has 3 N–H and O–H groups in total. The fourth-order valence-electron chi connectivity index (χ4n) is 2.39. The van der Waals surface area contributed by atoms with Gasteiger partial charge in [-0.2, -0.15) is 5.10 Å². The first-order valence-corrected chi connectivity index (χ1v) is 9.47. The molecule has 3 aromatic rings. The van der Waals surface area contributed by atoms with Gasteiger partial charge in [0.15, 0.2) is 0 Å². The number of primary amides is 1. The van der Waals surface area contributed by atoms with Gasteiger partial charge in [0, 0.05) is 11.9 Å². The summed E-state index contributed by atoms with van der Waals surface area (Å²) in [6.07, 6.45) is 3.13. The number of nitrogens with two attached hydrogens (primary N) is 1. The second-order valence-electron chi connectivity index (χ2n) is 5.48. The van der Waals surface area contributed by atoms with E-state index < -0.39 is 15.9 Å². The SMILES string of the molecule is COc1ccc(S(=O)(=O)Nc2ccc(-n3cc(Cl)cn3)cc2)cc1C(N)=O. The summed E-state index contributed by atoms with van der Waals surface area (Å²) in [5, 5.41) is 4.56. The van der Waals surface area contributed by atoms with Crippen LogP contribution in [-0.4, -0.2) is 31.2 Å². The number of amides is 1. The molecule has 27 heavy (non-hydrogen) atoms. The van der Waals surface area contributed by atoms with Crippen LogP contribution in [0, 0.1) is 0 Å². The predicted molar refractivity (Wildman–Crippen MR) is 101 cm³/mol. The van der Waals surface area contributed by atoms with Crippen molar-refractivity contribution in [2.24, 2.45) is 5.73 Å². The number of ether oxygens (including phenoxy) is 1. The summed E-state index contributed by atoms with van der Waals surface area (Å²) in [5.41, 5.74) is 6.31. The Kier molecular flexibility index (Phi) is 5.06. The molecule has 3 rings (SSSR count). The molecule has 1 heterocycles. The average Bonchev–Trinajstić information content (AvgIpc) is 3.07. The lowest BCUT2D eigenvalue weighted by Crippen LogP contribution is -2.16. The van der Waals surface area contributed by atoms with E-state index in [1.165, 1.54) is 31.5 Å². The van der Waals surface area contributed by atoms with Crippen molar-refractivity contribution in [3.05, 3.63) is 65.4 Å². The van der Waals surface area contributed by atoms with Gasteiger partial charge < -0.3 is 10.5 Å². The van der Waals surface area contributed by atoms with Crippen LogP contribution in [-0.2, 0) is 10.0 Å². The number of sulfonamides is 1. The molecule has 0 aliphatic rings. The second-order valence-corrected chi connectivity index (χ2v) is 7.60. The van der Waals surface area contributed by atoms with Gasteiger partial charge in [0.05, 0.1) is 34.5 Å². The summed E-state index contributed by atoms with van der Waals surface area (Å²) in [6, 6.07) is 10.4. The van der Waals surface area contributed by atoms with Crippen molar-refractivity contribution >= 4 is 33.2 Å². The lowest BCUT2D eigenvalue weighted by molar-refractivity contribution is 0.0997. The third-order valence-electron chi connectivity index (χ3n) is 3.68. The van der Waals surface area contributed by atoms with Crippen LogP contribution >= 0.6 is 11.6 Å². The van der Waals surface area contributed by atoms with Crippen LogP contribution in [0.3, 0.4) is 0 Å². The summed E-state index contributed by atoms with van der Waals surface area (Å²) in [7, 11) is -2.56. The van der Waals surface area contributed by atoms with Gasteiger partial charge in [0.25, 0.3) is 15.9 Å². The molecule has 0 aliphatic heterocycles. The number of anilines is 1. The monoisotopic (exact) mass is 406 g/mol. The summed E-state index contributed by atoms with van der Waals surface area (Å²) in [4.78, 5) is 11.4. The van der Waals surface area contributed by atoms with Gasteiger partial charge in [-0.3, -0.25) is 9.52 Å². The molecule has 0 atom stereocenters. The standard InChI is InChI=1S/C17H15ClN4O4S/c1-26-16-7-6-14(8-15(16)17(19)23)27(24,25)21-12-2-4-13(5-3-12)22-10-11(18)9-20-22/h2-10,21H,1H3,(H2,19,23). The van der Waals surface area contributed by atoms with Gasteiger partial charge in [0.2, 0.25) is 0 Å². The molecular formula is C17H15ClN4O4S. The highest BCUT2D eigenvalue weighted by Crippen LogP contribution is 2.24. The van der Waals surface area contributed by atoms with Crippen molar-refractivity contribution in [2.45, 2.75) is 4.90 Å². The van der Waals surface area contributed by atoms with Crippen LogP contribution in [0.4, 0.5) is 5.69 Å². The lowest BCUT2D eigenvalue weighted by Gasteiger charge is -2.11. The zero-order valence-electron chi connectivity index (χ0n) is 14.1. The normalized spacial score (nSPS) is 11.2. The number of carbonyl (C=O) groups excluding carboxylic acids is 1. The van der Waals surface area contributed by atoms with E-state index in [0.717, 1.165) is 0 Å². The minimum Gasteiger partial charge on any atom is -0.496 e.